The summed E-state index contributed by atoms with van der Waals surface area (Å²) >= 11 is 0. The van der Waals surface area contributed by atoms with E-state index in [1.165, 1.54) is 4.57 Å². The Bertz CT molecular complexity index is 511. The summed E-state index contributed by atoms with van der Waals surface area (Å²) in [7, 11) is 0. The van der Waals surface area contributed by atoms with Crippen LogP contribution in [0, 0.1) is 19.9 Å². The minimum Gasteiger partial charge on any atom is -0.351 e. The van der Waals surface area contributed by atoms with Crippen LogP contribution in [0.1, 0.15) is 11.3 Å². The summed E-state index contributed by atoms with van der Waals surface area (Å²) in [4.78, 5) is 11.2. The summed E-state index contributed by atoms with van der Waals surface area (Å²) < 4.78 is 1.53. The van der Waals surface area contributed by atoms with Crippen LogP contribution in [0.4, 0.5) is 4.79 Å². The molecule has 0 bridgehead atoms. The average Bonchev–Trinajstić information content (AvgIpc) is 2.41. The van der Waals surface area contributed by atoms with Gasteiger partial charge in [0.15, 0.2) is 0 Å². The number of nitrogens with two attached hydrogens (primary N) is 1. The fourth-order valence-corrected chi connectivity index (χ4v) is 1.74. The number of amides is 1. The monoisotopic (exact) mass is 187 g/mol. The number of carbonyl (C=O) groups excluding carboxylic acids is 1. The van der Waals surface area contributed by atoms with Crippen molar-refractivity contribution in [3.05, 3.63) is 35.5 Å². The molecule has 1 aromatic heterocycles. The summed E-state index contributed by atoms with van der Waals surface area (Å²) in [5, 5.41) is 1.03. The fourth-order valence-electron chi connectivity index (χ4n) is 1.74. The van der Waals surface area contributed by atoms with E-state index in [-0.39, 0.29) is 0 Å². The molecule has 2 rings (SSSR count). The number of hydrogen-bond acceptors (Lipinski definition) is 1. The molecular formula is C11H11N2O. The summed E-state index contributed by atoms with van der Waals surface area (Å²) in [5.74, 6) is 0. The van der Waals surface area contributed by atoms with E-state index in [0.29, 0.717) is 0 Å². The van der Waals surface area contributed by atoms with Crippen molar-refractivity contribution in [3.63, 3.8) is 0 Å². The highest BCUT2D eigenvalue weighted by molar-refractivity contribution is 5.94. The highest BCUT2D eigenvalue weighted by atomic mass is 16.2. The van der Waals surface area contributed by atoms with Crippen molar-refractivity contribution < 1.29 is 4.79 Å². The molecule has 0 saturated carbocycles. The minimum atomic E-state index is -0.438. The van der Waals surface area contributed by atoms with Gasteiger partial charge in [-0.05, 0) is 37.6 Å². The Balaban J connectivity index is 2.95. The number of aryl methyl sites for hydroxylation is 1. The second-order valence-electron chi connectivity index (χ2n) is 3.33. The molecule has 1 amide bonds. The first kappa shape index (κ1) is 8.81. The predicted molar refractivity (Wildman–Crippen MR) is 55.2 cm³/mol. The lowest BCUT2D eigenvalue weighted by atomic mass is 10.2. The van der Waals surface area contributed by atoms with Gasteiger partial charge in [-0.15, -0.1) is 0 Å². The third kappa shape index (κ3) is 1.02. The Hall–Kier alpha value is -1.77. The molecule has 14 heavy (non-hydrogen) atoms. The van der Waals surface area contributed by atoms with Gasteiger partial charge < -0.3 is 5.73 Å². The Labute approximate surface area is 82.1 Å². The van der Waals surface area contributed by atoms with Crippen LogP contribution in [-0.4, -0.2) is 10.6 Å². The molecule has 1 heterocycles. The number of fused-ring (bicyclic) bond motifs is 1. The quantitative estimate of drug-likeness (QED) is 0.673. The van der Waals surface area contributed by atoms with Gasteiger partial charge in [-0.2, -0.15) is 0 Å². The standard InChI is InChI=1S/C11H11N2O/c1-7-8(2)13(11(12)14)10-6-4-3-5-9(7)10/h4-6H,1-2H3,(H2,12,14). The molecule has 2 N–H and O–H groups in total. The maximum absolute atomic E-state index is 11.2. The van der Waals surface area contributed by atoms with Crippen molar-refractivity contribution in [1.82, 2.24) is 4.57 Å². The van der Waals surface area contributed by atoms with Gasteiger partial charge in [0.1, 0.15) is 0 Å². The molecule has 0 saturated heterocycles. The Kier molecular flexibility index (Phi) is 1.81. The summed E-state index contributed by atoms with van der Waals surface area (Å²) in [6, 6.07) is 8.05. The highest BCUT2D eigenvalue weighted by Gasteiger charge is 2.12. The number of carbonyl (C=O) groups is 1. The molecular weight excluding hydrogens is 176 g/mol. The topological polar surface area (TPSA) is 48.0 Å². The van der Waals surface area contributed by atoms with Crippen LogP contribution in [0.5, 0.6) is 0 Å². The van der Waals surface area contributed by atoms with Crippen LogP contribution in [-0.2, 0) is 0 Å². The average molecular weight is 187 g/mol. The van der Waals surface area contributed by atoms with E-state index in [9.17, 15) is 4.79 Å². The third-order valence-electron chi connectivity index (χ3n) is 2.58. The van der Waals surface area contributed by atoms with Gasteiger partial charge >= 0.3 is 6.03 Å². The van der Waals surface area contributed by atoms with E-state index < -0.39 is 6.03 Å². The maximum atomic E-state index is 11.2. The number of primary amides is 1. The second-order valence-corrected chi connectivity index (χ2v) is 3.33. The number of benzene rings is 1. The fraction of sp³-hybridized carbons (Fsp3) is 0.182. The minimum absolute atomic E-state index is 0.438. The number of hydrogen-bond donors (Lipinski definition) is 1. The van der Waals surface area contributed by atoms with Gasteiger partial charge in [-0.25, -0.2) is 4.79 Å². The molecule has 1 radical (unpaired) electrons. The molecule has 0 atom stereocenters. The molecule has 3 heteroatoms. The van der Waals surface area contributed by atoms with Crippen LogP contribution in [0.2, 0.25) is 0 Å². The zero-order valence-electron chi connectivity index (χ0n) is 8.16. The van der Waals surface area contributed by atoms with Crippen molar-refractivity contribution in [1.29, 1.82) is 0 Å². The van der Waals surface area contributed by atoms with Gasteiger partial charge in [0, 0.05) is 11.1 Å². The van der Waals surface area contributed by atoms with Crippen LogP contribution in [0.3, 0.4) is 0 Å². The zero-order chi connectivity index (χ0) is 10.3. The second kappa shape index (κ2) is 2.87. The van der Waals surface area contributed by atoms with E-state index in [0.717, 1.165) is 22.2 Å². The van der Waals surface area contributed by atoms with Crippen molar-refractivity contribution in [2.24, 2.45) is 5.73 Å². The largest absolute Gasteiger partial charge is 0.351 e. The molecule has 0 aliphatic rings. The van der Waals surface area contributed by atoms with Gasteiger partial charge in [0.05, 0.1) is 5.52 Å². The number of rotatable bonds is 0. The van der Waals surface area contributed by atoms with Crippen molar-refractivity contribution in [2.75, 3.05) is 0 Å². The molecule has 0 unspecified atom stereocenters. The third-order valence-corrected chi connectivity index (χ3v) is 2.58. The van der Waals surface area contributed by atoms with E-state index in [4.69, 9.17) is 5.73 Å². The summed E-state index contributed by atoms with van der Waals surface area (Å²) in [6.45, 7) is 3.87. The summed E-state index contributed by atoms with van der Waals surface area (Å²) in [6.07, 6.45) is 0. The summed E-state index contributed by atoms with van der Waals surface area (Å²) in [5.41, 5.74) is 8.14. The van der Waals surface area contributed by atoms with E-state index in [2.05, 4.69) is 6.07 Å². The van der Waals surface area contributed by atoms with Crippen molar-refractivity contribution in [2.45, 2.75) is 13.8 Å². The lowest BCUT2D eigenvalue weighted by molar-refractivity contribution is 0.251. The highest BCUT2D eigenvalue weighted by Crippen LogP contribution is 2.23. The van der Waals surface area contributed by atoms with Crippen molar-refractivity contribution >= 4 is 16.9 Å². The van der Waals surface area contributed by atoms with Gasteiger partial charge in [0.25, 0.3) is 0 Å². The van der Waals surface area contributed by atoms with Gasteiger partial charge in [-0.1, -0.05) is 6.07 Å². The Morgan fingerprint density at radius 2 is 2.21 bits per heavy atom. The Morgan fingerprint density at radius 3 is 2.86 bits per heavy atom. The molecule has 0 fully saturated rings. The predicted octanol–water partition coefficient (Wildman–Crippen LogP) is 1.99. The molecule has 2 aromatic rings. The first-order valence-corrected chi connectivity index (χ1v) is 4.40. The van der Waals surface area contributed by atoms with Gasteiger partial charge in [-0.3, -0.25) is 4.57 Å². The maximum Gasteiger partial charge on any atom is 0.323 e. The molecule has 0 aliphatic carbocycles. The first-order chi connectivity index (χ1) is 6.63. The molecule has 3 nitrogen and oxygen atoms in total. The lowest BCUT2D eigenvalue weighted by Gasteiger charge is -2.00. The van der Waals surface area contributed by atoms with Crippen LogP contribution in [0.25, 0.3) is 10.9 Å². The molecule has 71 valence electrons. The van der Waals surface area contributed by atoms with Crippen LogP contribution >= 0.6 is 0 Å². The van der Waals surface area contributed by atoms with Gasteiger partial charge in [0.2, 0.25) is 0 Å². The first-order valence-electron chi connectivity index (χ1n) is 4.40. The molecule has 1 aromatic carbocycles. The van der Waals surface area contributed by atoms with Crippen LogP contribution < -0.4 is 5.73 Å². The molecule has 0 spiro atoms. The number of nitrogens with zero attached hydrogens (tertiary/aromatic N) is 1. The normalized spacial score (nSPS) is 10.7. The smallest absolute Gasteiger partial charge is 0.323 e. The van der Waals surface area contributed by atoms with Crippen LogP contribution in [0.15, 0.2) is 18.2 Å². The van der Waals surface area contributed by atoms with Crippen molar-refractivity contribution in [3.8, 4) is 0 Å². The Morgan fingerprint density at radius 1 is 1.50 bits per heavy atom. The molecule has 0 aliphatic heterocycles. The van der Waals surface area contributed by atoms with E-state index >= 15 is 0 Å². The van der Waals surface area contributed by atoms with E-state index in [1.54, 1.807) is 6.07 Å². The zero-order valence-corrected chi connectivity index (χ0v) is 8.16. The SMILES string of the molecule is Cc1c(C)n(C(N)=O)c2cc[c]cc12. The van der Waals surface area contributed by atoms with E-state index in [1.807, 2.05) is 26.0 Å². The number of aromatic nitrogens is 1. The lowest BCUT2D eigenvalue weighted by Crippen LogP contribution is -2.20.